The van der Waals surface area contributed by atoms with Crippen LogP contribution in [0.25, 0.3) is 10.2 Å². The second-order valence-corrected chi connectivity index (χ2v) is 7.01. The summed E-state index contributed by atoms with van der Waals surface area (Å²) in [7, 11) is 0. The summed E-state index contributed by atoms with van der Waals surface area (Å²) in [6.07, 6.45) is 2.50. The van der Waals surface area contributed by atoms with E-state index in [0.29, 0.717) is 12.5 Å². The molecule has 1 fully saturated rings. The Hall–Kier alpha value is -2.14. The lowest BCUT2D eigenvalue weighted by atomic mass is 10.2. The fourth-order valence-corrected chi connectivity index (χ4v) is 3.62. The molecule has 5 heteroatoms. The number of amides is 1. The highest BCUT2D eigenvalue weighted by Crippen LogP contribution is 2.34. The van der Waals surface area contributed by atoms with Crippen LogP contribution in [0, 0.1) is 11.7 Å². The molecule has 23 heavy (non-hydrogen) atoms. The summed E-state index contributed by atoms with van der Waals surface area (Å²) in [5.74, 6) is 0.367. The van der Waals surface area contributed by atoms with Crippen LogP contribution in [0.3, 0.4) is 0 Å². The Bertz CT molecular complexity index is 846. The Morgan fingerprint density at radius 2 is 2.04 bits per heavy atom. The smallest absolute Gasteiger partial charge is 0.268 e. The zero-order chi connectivity index (χ0) is 15.8. The lowest BCUT2D eigenvalue weighted by Gasteiger charge is -2.10. The van der Waals surface area contributed by atoms with Crippen molar-refractivity contribution in [1.82, 2.24) is 9.88 Å². The number of carbonyl (C=O) groups is 1. The van der Waals surface area contributed by atoms with Gasteiger partial charge in [0.1, 0.15) is 11.5 Å². The summed E-state index contributed by atoms with van der Waals surface area (Å²) in [5, 5.41) is 5.01. The molecule has 0 saturated heterocycles. The maximum absolute atomic E-state index is 12.9. The first-order valence-electron chi connectivity index (χ1n) is 7.80. The summed E-state index contributed by atoms with van der Waals surface area (Å²) >= 11 is 1.66. The van der Waals surface area contributed by atoms with E-state index in [4.69, 9.17) is 0 Å². The number of hydrogen-bond donors (Lipinski definition) is 1. The van der Waals surface area contributed by atoms with Crippen molar-refractivity contribution in [2.24, 2.45) is 5.92 Å². The highest BCUT2D eigenvalue weighted by molar-refractivity contribution is 7.17. The van der Waals surface area contributed by atoms with Gasteiger partial charge in [-0.2, -0.15) is 0 Å². The Morgan fingerprint density at radius 3 is 2.78 bits per heavy atom. The van der Waals surface area contributed by atoms with Crippen molar-refractivity contribution in [3.8, 4) is 0 Å². The molecular formula is C18H17FN2OS. The van der Waals surface area contributed by atoms with Gasteiger partial charge in [-0.15, -0.1) is 11.3 Å². The molecule has 3 nitrogen and oxygen atoms in total. The van der Waals surface area contributed by atoms with Gasteiger partial charge in [-0.3, -0.25) is 4.79 Å². The number of halogens is 1. The minimum Gasteiger partial charge on any atom is -0.347 e. The van der Waals surface area contributed by atoms with E-state index >= 15 is 0 Å². The van der Waals surface area contributed by atoms with Crippen LogP contribution < -0.4 is 5.32 Å². The van der Waals surface area contributed by atoms with Gasteiger partial charge in [0.2, 0.25) is 0 Å². The normalized spacial score (nSPS) is 14.3. The van der Waals surface area contributed by atoms with Crippen molar-refractivity contribution in [3.05, 3.63) is 58.9 Å². The zero-order valence-corrected chi connectivity index (χ0v) is 13.4. The van der Waals surface area contributed by atoms with Crippen molar-refractivity contribution in [1.29, 1.82) is 0 Å². The maximum atomic E-state index is 12.9. The summed E-state index contributed by atoms with van der Waals surface area (Å²) in [5.41, 5.74) is 2.76. The molecule has 0 aliphatic heterocycles. The largest absolute Gasteiger partial charge is 0.347 e. The van der Waals surface area contributed by atoms with Gasteiger partial charge in [0, 0.05) is 13.1 Å². The number of nitrogens with one attached hydrogen (secondary N) is 1. The van der Waals surface area contributed by atoms with E-state index in [1.165, 1.54) is 25.0 Å². The minimum absolute atomic E-state index is 0.0709. The number of nitrogens with zero attached hydrogens (tertiary/aromatic N) is 1. The standard InChI is InChI=1S/C18H17FN2OS/c19-14-5-3-12(4-6-14)10-20-18(22)16-9-17-15(7-8-23-17)21(16)11-13-1-2-13/h3-9,13H,1-2,10-11H2,(H,20,22). The molecule has 0 radical (unpaired) electrons. The quantitative estimate of drug-likeness (QED) is 0.749. The van der Waals surface area contributed by atoms with E-state index in [1.807, 2.05) is 6.07 Å². The second kappa shape index (κ2) is 5.81. The molecule has 0 atom stereocenters. The molecule has 4 rings (SSSR count). The van der Waals surface area contributed by atoms with Crippen molar-refractivity contribution in [2.45, 2.75) is 25.9 Å². The maximum Gasteiger partial charge on any atom is 0.268 e. The van der Waals surface area contributed by atoms with Crippen LogP contribution in [0.4, 0.5) is 4.39 Å². The molecule has 1 N–H and O–H groups in total. The minimum atomic E-state index is -0.265. The highest BCUT2D eigenvalue weighted by atomic mass is 32.1. The molecule has 0 spiro atoms. The number of rotatable bonds is 5. The first-order chi connectivity index (χ1) is 11.2. The molecule has 2 heterocycles. The molecule has 0 bridgehead atoms. The third kappa shape index (κ3) is 3.01. The van der Waals surface area contributed by atoms with Gasteiger partial charge in [-0.1, -0.05) is 12.1 Å². The van der Waals surface area contributed by atoms with Crippen LogP contribution in [0.1, 0.15) is 28.9 Å². The number of thiophene rings is 1. The molecular weight excluding hydrogens is 311 g/mol. The highest BCUT2D eigenvalue weighted by Gasteiger charge is 2.25. The molecule has 1 aromatic carbocycles. The zero-order valence-electron chi connectivity index (χ0n) is 12.6. The summed E-state index contributed by atoms with van der Waals surface area (Å²) in [4.78, 5) is 12.6. The average molecular weight is 328 g/mol. The van der Waals surface area contributed by atoms with Crippen LogP contribution in [-0.4, -0.2) is 10.5 Å². The SMILES string of the molecule is O=C(NCc1ccc(F)cc1)c1cc2sccc2n1CC1CC1. The number of hydrogen-bond acceptors (Lipinski definition) is 2. The third-order valence-corrected chi connectivity index (χ3v) is 5.11. The first-order valence-corrected chi connectivity index (χ1v) is 8.68. The van der Waals surface area contributed by atoms with Crippen molar-refractivity contribution >= 4 is 27.5 Å². The van der Waals surface area contributed by atoms with Crippen LogP contribution >= 0.6 is 11.3 Å². The number of carbonyl (C=O) groups excluding carboxylic acids is 1. The van der Waals surface area contributed by atoms with Crippen molar-refractivity contribution < 1.29 is 9.18 Å². The predicted molar refractivity (Wildman–Crippen MR) is 90.1 cm³/mol. The number of benzene rings is 1. The van der Waals surface area contributed by atoms with Gasteiger partial charge in [-0.05, 0) is 54.0 Å². The second-order valence-electron chi connectivity index (χ2n) is 6.06. The van der Waals surface area contributed by atoms with Crippen molar-refractivity contribution in [3.63, 3.8) is 0 Å². The summed E-state index contributed by atoms with van der Waals surface area (Å²) in [6, 6.07) is 10.3. The summed E-state index contributed by atoms with van der Waals surface area (Å²) < 4.78 is 16.2. The van der Waals surface area contributed by atoms with Crippen LogP contribution in [0.5, 0.6) is 0 Å². The lowest BCUT2D eigenvalue weighted by molar-refractivity contribution is 0.0941. The fourth-order valence-electron chi connectivity index (χ4n) is 2.80. The van der Waals surface area contributed by atoms with Crippen LogP contribution in [0.2, 0.25) is 0 Å². The van der Waals surface area contributed by atoms with E-state index in [-0.39, 0.29) is 11.7 Å². The molecule has 1 aliphatic rings. The van der Waals surface area contributed by atoms with E-state index in [2.05, 4.69) is 21.3 Å². The van der Waals surface area contributed by atoms with E-state index in [0.717, 1.165) is 28.0 Å². The van der Waals surface area contributed by atoms with E-state index < -0.39 is 0 Å². The Morgan fingerprint density at radius 1 is 1.26 bits per heavy atom. The van der Waals surface area contributed by atoms with Gasteiger partial charge in [0.15, 0.2) is 0 Å². The number of aromatic nitrogens is 1. The van der Waals surface area contributed by atoms with Gasteiger partial charge in [0.25, 0.3) is 5.91 Å². The van der Waals surface area contributed by atoms with Gasteiger partial charge < -0.3 is 9.88 Å². The number of fused-ring (bicyclic) bond motifs is 1. The molecule has 1 aliphatic carbocycles. The molecule has 1 saturated carbocycles. The topological polar surface area (TPSA) is 34.0 Å². The molecule has 2 aromatic heterocycles. The lowest BCUT2D eigenvalue weighted by Crippen LogP contribution is -2.25. The van der Waals surface area contributed by atoms with E-state index in [9.17, 15) is 9.18 Å². The molecule has 118 valence electrons. The van der Waals surface area contributed by atoms with Gasteiger partial charge in [-0.25, -0.2) is 4.39 Å². The third-order valence-electron chi connectivity index (χ3n) is 4.26. The Kier molecular flexibility index (Phi) is 3.65. The molecule has 3 aromatic rings. The summed E-state index contributed by atoms with van der Waals surface area (Å²) in [6.45, 7) is 1.32. The predicted octanol–water partition coefficient (Wildman–Crippen LogP) is 4.18. The Balaban J connectivity index is 1.54. The van der Waals surface area contributed by atoms with E-state index in [1.54, 1.807) is 23.5 Å². The van der Waals surface area contributed by atoms with Crippen LogP contribution in [-0.2, 0) is 13.1 Å². The molecule has 1 amide bonds. The average Bonchev–Trinajstić information content (AvgIpc) is 3.14. The monoisotopic (exact) mass is 328 g/mol. The van der Waals surface area contributed by atoms with Crippen LogP contribution in [0.15, 0.2) is 41.8 Å². The Labute approximate surface area is 137 Å². The van der Waals surface area contributed by atoms with Gasteiger partial charge >= 0.3 is 0 Å². The fraction of sp³-hybridized carbons (Fsp3) is 0.278. The first kappa shape index (κ1) is 14.5. The van der Waals surface area contributed by atoms with Gasteiger partial charge in [0.05, 0.1) is 10.2 Å². The molecule has 0 unspecified atom stereocenters. The van der Waals surface area contributed by atoms with Crippen molar-refractivity contribution in [2.75, 3.05) is 0 Å².